The predicted molar refractivity (Wildman–Crippen MR) is 72.5 cm³/mol. The first-order chi connectivity index (χ1) is 9.36. The molecule has 7 heteroatoms. The van der Waals surface area contributed by atoms with Gasteiger partial charge in [0.25, 0.3) is 0 Å². The van der Waals surface area contributed by atoms with Gasteiger partial charge in [-0.15, -0.1) is 11.3 Å². The van der Waals surface area contributed by atoms with E-state index >= 15 is 0 Å². The lowest BCUT2D eigenvalue weighted by Gasteiger charge is -2.09. The number of rotatable bonds is 0. The summed E-state index contributed by atoms with van der Waals surface area (Å²) >= 11 is 6.92. The zero-order valence-electron chi connectivity index (χ0n) is 9.66. The SMILES string of the molecule is O=c1c(Cl)ccc2sc3ccc(C(F)(F)F)cc3nc1-2. The van der Waals surface area contributed by atoms with E-state index in [1.165, 1.54) is 23.5 Å². The summed E-state index contributed by atoms with van der Waals surface area (Å²) in [5.41, 5.74) is -1.04. The van der Waals surface area contributed by atoms with Crippen LogP contribution in [0.2, 0.25) is 5.02 Å². The first kappa shape index (κ1) is 13.3. The van der Waals surface area contributed by atoms with Crippen LogP contribution in [0.3, 0.4) is 0 Å². The molecule has 1 aromatic rings. The number of alkyl halides is 3. The van der Waals surface area contributed by atoms with Crippen molar-refractivity contribution in [1.29, 1.82) is 0 Å². The van der Waals surface area contributed by atoms with E-state index in [2.05, 4.69) is 4.98 Å². The van der Waals surface area contributed by atoms with E-state index < -0.39 is 17.2 Å². The van der Waals surface area contributed by atoms with Crippen LogP contribution in [0.25, 0.3) is 20.8 Å². The number of fused-ring (bicyclic) bond motifs is 2. The molecule has 1 aliphatic carbocycles. The largest absolute Gasteiger partial charge is 0.416 e. The van der Waals surface area contributed by atoms with Gasteiger partial charge in [0.2, 0.25) is 5.43 Å². The van der Waals surface area contributed by atoms with Crippen molar-refractivity contribution in [3.63, 3.8) is 0 Å². The van der Waals surface area contributed by atoms with Crippen molar-refractivity contribution >= 4 is 33.2 Å². The highest BCUT2D eigenvalue weighted by Gasteiger charge is 2.30. The van der Waals surface area contributed by atoms with E-state index in [-0.39, 0.29) is 16.2 Å². The normalized spacial score (nSPS) is 12.2. The molecule has 0 atom stereocenters. The minimum Gasteiger partial charge on any atom is -0.286 e. The molecule has 0 amide bonds. The second-order valence-electron chi connectivity index (χ2n) is 4.12. The van der Waals surface area contributed by atoms with Crippen LogP contribution in [0.4, 0.5) is 13.2 Å². The van der Waals surface area contributed by atoms with Gasteiger partial charge in [0.15, 0.2) is 0 Å². The van der Waals surface area contributed by atoms with E-state index in [9.17, 15) is 18.0 Å². The van der Waals surface area contributed by atoms with E-state index in [1.807, 2.05) is 0 Å². The van der Waals surface area contributed by atoms with E-state index in [4.69, 9.17) is 11.6 Å². The summed E-state index contributed by atoms with van der Waals surface area (Å²) < 4.78 is 38.6. The van der Waals surface area contributed by atoms with E-state index in [1.54, 1.807) is 6.07 Å². The third kappa shape index (κ3) is 2.14. The first-order valence-corrected chi connectivity index (χ1v) is 6.66. The van der Waals surface area contributed by atoms with Crippen molar-refractivity contribution in [2.45, 2.75) is 6.18 Å². The lowest BCUT2D eigenvalue weighted by atomic mass is 10.2. The highest BCUT2D eigenvalue weighted by atomic mass is 35.5. The summed E-state index contributed by atoms with van der Waals surface area (Å²) in [6.07, 6.45) is -4.44. The fraction of sp³-hybridized carbons (Fsp3) is 0.0769. The molecule has 0 fully saturated rings. The zero-order chi connectivity index (χ0) is 14.5. The van der Waals surface area contributed by atoms with Gasteiger partial charge < -0.3 is 0 Å². The van der Waals surface area contributed by atoms with Crippen LogP contribution in [0.5, 0.6) is 0 Å². The highest BCUT2D eigenvalue weighted by Crippen LogP contribution is 2.34. The minimum atomic E-state index is -4.44. The summed E-state index contributed by atoms with van der Waals surface area (Å²) in [7, 11) is 0. The van der Waals surface area contributed by atoms with Crippen molar-refractivity contribution in [1.82, 2.24) is 4.98 Å². The molecule has 0 saturated heterocycles. The van der Waals surface area contributed by atoms with Crippen LogP contribution in [0.1, 0.15) is 5.56 Å². The van der Waals surface area contributed by atoms with Gasteiger partial charge >= 0.3 is 6.18 Å². The Morgan fingerprint density at radius 2 is 1.90 bits per heavy atom. The monoisotopic (exact) mass is 315 g/mol. The molecule has 20 heavy (non-hydrogen) atoms. The minimum absolute atomic E-state index is 0.00326. The third-order valence-electron chi connectivity index (χ3n) is 2.78. The van der Waals surface area contributed by atoms with Gasteiger partial charge in [-0.05, 0) is 30.3 Å². The number of hydrogen-bond acceptors (Lipinski definition) is 3. The zero-order valence-corrected chi connectivity index (χ0v) is 11.2. The lowest BCUT2D eigenvalue weighted by Crippen LogP contribution is -2.08. The molecule has 0 radical (unpaired) electrons. The van der Waals surface area contributed by atoms with Crippen molar-refractivity contribution in [3.8, 4) is 10.6 Å². The quantitative estimate of drug-likeness (QED) is 0.574. The number of halogens is 4. The Bertz CT molecular complexity index is 843. The maximum Gasteiger partial charge on any atom is 0.416 e. The van der Waals surface area contributed by atoms with Crippen LogP contribution in [-0.2, 0) is 6.18 Å². The Balaban J connectivity index is 2.36. The van der Waals surface area contributed by atoms with Crippen molar-refractivity contribution in [3.05, 3.63) is 51.1 Å². The van der Waals surface area contributed by atoms with Crippen LogP contribution in [0.15, 0.2) is 35.1 Å². The van der Waals surface area contributed by atoms with Gasteiger partial charge in [0.1, 0.15) is 5.69 Å². The first-order valence-electron chi connectivity index (χ1n) is 5.46. The molecule has 2 aliphatic rings. The third-order valence-corrected chi connectivity index (χ3v) is 4.20. The Hall–Kier alpha value is -1.66. The molecule has 1 heterocycles. The topological polar surface area (TPSA) is 30.0 Å². The van der Waals surface area contributed by atoms with Crippen LogP contribution >= 0.6 is 22.9 Å². The molecular weight excluding hydrogens is 311 g/mol. The van der Waals surface area contributed by atoms with Gasteiger partial charge in [-0.25, -0.2) is 4.98 Å². The molecule has 1 aromatic carbocycles. The summed E-state index contributed by atoms with van der Waals surface area (Å²) in [5, 5.41) is 0.00326. The molecule has 0 unspecified atom stereocenters. The Morgan fingerprint density at radius 3 is 2.60 bits per heavy atom. The van der Waals surface area contributed by atoms with E-state index in [0.717, 1.165) is 12.1 Å². The second kappa shape index (κ2) is 4.43. The fourth-order valence-corrected chi connectivity index (χ4v) is 2.93. The van der Waals surface area contributed by atoms with E-state index in [0.29, 0.717) is 9.58 Å². The number of hydrogen-bond donors (Lipinski definition) is 0. The molecule has 0 N–H and O–H groups in total. The maximum absolute atomic E-state index is 12.7. The molecule has 3 rings (SSSR count). The Labute approximate surface area is 119 Å². The number of benzene rings is 2. The number of aromatic nitrogens is 1. The summed E-state index contributed by atoms with van der Waals surface area (Å²) in [4.78, 5) is 16.5. The molecule has 0 saturated carbocycles. The van der Waals surface area contributed by atoms with Crippen molar-refractivity contribution in [2.24, 2.45) is 0 Å². The lowest BCUT2D eigenvalue weighted by molar-refractivity contribution is -0.137. The van der Waals surface area contributed by atoms with Gasteiger partial charge in [-0.3, -0.25) is 4.79 Å². The summed E-state index contributed by atoms with van der Waals surface area (Å²) in [6, 6.07) is 6.38. The average molecular weight is 316 g/mol. The molecule has 0 aromatic heterocycles. The maximum atomic E-state index is 12.7. The smallest absolute Gasteiger partial charge is 0.286 e. The predicted octanol–water partition coefficient (Wildman–Crippen LogP) is 4.43. The van der Waals surface area contributed by atoms with Gasteiger partial charge in [-0.2, -0.15) is 13.2 Å². The number of nitrogens with zero attached hydrogens (tertiary/aromatic N) is 1. The van der Waals surface area contributed by atoms with Crippen LogP contribution in [-0.4, -0.2) is 4.98 Å². The van der Waals surface area contributed by atoms with Crippen molar-refractivity contribution in [2.75, 3.05) is 0 Å². The highest BCUT2D eigenvalue weighted by molar-refractivity contribution is 7.21. The summed E-state index contributed by atoms with van der Waals surface area (Å²) in [6.45, 7) is 0. The Morgan fingerprint density at radius 1 is 1.15 bits per heavy atom. The molecule has 1 aliphatic heterocycles. The molecular formula is C13H5ClF3NOS. The standard InChI is InChI=1S/C13H5ClF3NOS/c14-7-2-4-10-11(12(7)19)18-8-5-6(13(15,16)17)1-3-9(8)20-10/h1-5H. The van der Waals surface area contributed by atoms with Gasteiger partial charge in [0, 0.05) is 0 Å². The fourth-order valence-electron chi connectivity index (χ4n) is 1.82. The molecule has 0 spiro atoms. The van der Waals surface area contributed by atoms with Gasteiger partial charge in [0.05, 0.1) is 25.7 Å². The summed E-state index contributed by atoms with van der Waals surface area (Å²) in [5.74, 6) is 0. The molecule has 2 nitrogen and oxygen atoms in total. The van der Waals surface area contributed by atoms with Crippen LogP contribution < -0.4 is 5.43 Å². The van der Waals surface area contributed by atoms with Crippen LogP contribution in [0, 0.1) is 0 Å². The average Bonchev–Trinajstić information content (AvgIpc) is 2.40. The van der Waals surface area contributed by atoms with Crippen molar-refractivity contribution < 1.29 is 13.2 Å². The molecule has 0 bridgehead atoms. The second-order valence-corrected chi connectivity index (χ2v) is 5.61. The molecule has 102 valence electrons. The van der Waals surface area contributed by atoms with Gasteiger partial charge in [-0.1, -0.05) is 11.6 Å². The Kier molecular flexibility index (Phi) is 2.95.